The zero-order valence-corrected chi connectivity index (χ0v) is 13.6. The summed E-state index contributed by atoms with van der Waals surface area (Å²) in [5.74, 6) is 0.181. The summed E-state index contributed by atoms with van der Waals surface area (Å²) in [5.41, 5.74) is 3.28. The summed E-state index contributed by atoms with van der Waals surface area (Å²) < 4.78 is 6.55. The monoisotopic (exact) mass is 295 g/mol. The van der Waals surface area contributed by atoms with Gasteiger partial charge in [0.05, 0.1) is 18.7 Å². The Morgan fingerprint density at radius 2 is 2.10 bits per heavy atom. The van der Waals surface area contributed by atoms with E-state index in [1.165, 1.54) is 7.11 Å². The number of methoxy groups -OCH3 is 1. The molecule has 0 aromatic carbocycles. The fraction of sp³-hybridized carbons (Fsp3) is 0.643. The molecule has 0 radical (unpaired) electrons. The third kappa shape index (κ3) is 4.47. The fourth-order valence-corrected chi connectivity index (χ4v) is 2.00. The van der Waals surface area contributed by atoms with Gasteiger partial charge in [-0.2, -0.15) is 5.10 Å². The van der Waals surface area contributed by atoms with Gasteiger partial charge in [-0.15, -0.1) is 0 Å². The number of carbonyl (C=O) groups is 1. The number of guanidine groups is 1. The molecule has 0 saturated carbocycles. The van der Waals surface area contributed by atoms with Crippen molar-refractivity contribution in [1.29, 1.82) is 0 Å². The van der Waals surface area contributed by atoms with E-state index in [-0.39, 0.29) is 11.9 Å². The lowest BCUT2D eigenvalue weighted by atomic mass is 10.2. The minimum Gasteiger partial charge on any atom is -0.469 e. The first-order valence-electron chi connectivity index (χ1n) is 6.92. The number of hydrogen-bond donors (Lipinski definition) is 2. The molecule has 1 heterocycles. The van der Waals surface area contributed by atoms with Crippen molar-refractivity contribution in [3.05, 3.63) is 17.0 Å². The normalized spacial score (nSPS) is 13.0. The lowest BCUT2D eigenvalue weighted by Crippen LogP contribution is -2.40. The predicted octanol–water partition coefficient (Wildman–Crippen LogP) is 0.511. The number of esters is 1. The molecular weight excluding hydrogens is 270 g/mol. The average Bonchev–Trinajstić information content (AvgIpc) is 2.71. The van der Waals surface area contributed by atoms with Crippen LogP contribution in [0.1, 0.15) is 23.9 Å². The topological polar surface area (TPSA) is 80.5 Å². The largest absolute Gasteiger partial charge is 0.469 e. The van der Waals surface area contributed by atoms with Gasteiger partial charge in [0.2, 0.25) is 0 Å². The molecule has 0 saturated heterocycles. The Hall–Kier alpha value is -2.05. The molecule has 0 amide bonds. The molecule has 21 heavy (non-hydrogen) atoms. The molecule has 0 spiro atoms. The van der Waals surface area contributed by atoms with Crippen molar-refractivity contribution in [3.63, 3.8) is 0 Å². The van der Waals surface area contributed by atoms with Gasteiger partial charge in [0.1, 0.15) is 0 Å². The SMILES string of the molecule is CN=C(NCc1c(C)nn(C)c1C)NCC(C)C(=O)OC. The molecule has 0 bridgehead atoms. The van der Waals surface area contributed by atoms with Crippen molar-refractivity contribution in [2.75, 3.05) is 20.7 Å². The second-order valence-electron chi connectivity index (χ2n) is 5.00. The van der Waals surface area contributed by atoms with Crippen molar-refractivity contribution >= 4 is 11.9 Å². The fourth-order valence-electron chi connectivity index (χ4n) is 2.00. The van der Waals surface area contributed by atoms with Crippen LogP contribution in [0.5, 0.6) is 0 Å². The van der Waals surface area contributed by atoms with E-state index >= 15 is 0 Å². The minimum absolute atomic E-state index is 0.226. The molecule has 7 heteroatoms. The molecule has 1 rings (SSSR count). The van der Waals surface area contributed by atoms with Crippen molar-refractivity contribution in [2.45, 2.75) is 27.3 Å². The van der Waals surface area contributed by atoms with Crippen LogP contribution in [-0.2, 0) is 23.1 Å². The third-order valence-electron chi connectivity index (χ3n) is 3.49. The summed E-state index contributed by atoms with van der Waals surface area (Å²) in [6.07, 6.45) is 0. The average molecular weight is 295 g/mol. The van der Waals surface area contributed by atoms with Crippen LogP contribution >= 0.6 is 0 Å². The molecule has 1 aromatic heterocycles. The minimum atomic E-state index is -0.239. The zero-order chi connectivity index (χ0) is 16.0. The Balaban J connectivity index is 2.54. The van der Waals surface area contributed by atoms with Gasteiger partial charge in [0.25, 0.3) is 0 Å². The summed E-state index contributed by atoms with van der Waals surface area (Å²) in [6.45, 7) is 6.93. The molecular formula is C14H25N5O2. The van der Waals surface area contributed by atoms with E-state index < -0.39 is 0 Å². The first kappa shape index (κ1) is 17.0. The molecule has 0 aliphatic heterocycles. The molecule has 2 N–H and O–H groups in total. The molecule has 0 aliphatic carbocycles. The quantitative estimate of drug-likeness (QED) is 0.470. The number of aryl methyl sites for hydroxylation is 2. The van der Waals surface area contributed by atoms with Crippen molar-refractivity contribution in [2.24, 2.45) is 18.0 Å². The van der Waals surface area contributed by atoms with E-state index in [2.05, 4.69) is 20.7 Å². The van der Waals surface area contributed by atoms with Crippen molar-refractivity contribution in [1.82, 2.24) is 20.4 Å². The number of aromatic nitrogens is 2. The Labute approximate surface area is 125 Å². The van der Waals surface area contributed by atoms with Crippen LogP contribution in [0.3, 0.4) is 0 Å². The van der Waals surface area contributed by atoms with Gasteiger partial charge in [-0.05, 0) is 13.8 Å². The van der Waals surface area contributed by atoms with E-state index in [0.29, 0.717) is 19.0 Å². The van der Waals surface area contributed by atoms with Gasteiger partial charge in [-0.25, -0.2) is 0 Å². The van der Waals surface area contributed by atoms with Crippen LogP contribution in [0.4, 0.5) is 0 Å². The number of carbonyl (C=O) groups excluding carboxylic acids is 1. The lowest BCUT2D eigenvalue weighted by Gasteiger charge is -2.14. The zero-order valence-electron chi connectivity index (χ0n) is 13.6. The maximum Gasteiger partial charge on any atom is 0.310 e. The Morgan fingerprint density at radius 1 is 1.43 bits per heavy atom. The van der Waals surface area contributed by atoms with Crippen LogP contribution in [0.2, 0.25) is 0 Å². The second kappa shape index (κ2) is 7.66. The first-order chi connectivity index (χ1) is 9.90. The Morgan fingerprint density at radius 3 is 2.57 bits per heavy atom. The van der Waals surface area contributed by atoms with E-state index in [4.69, 9.17) is 4.74 Å². The van der Waals surface area contributed by atoms with E-state index in [1.54, 1.807) is 7.05 Å². The number of nitrogens with zero attached hydrogens (tertiary/aromatic N) is 3. The number of hydrogen-bond acceptors (Lipinski definition) is 4. The standard InChI is InChI=1S/C14H25N5O2/c1-9(13(20)21-6)7-16-14(15-4)17-8-12-10(2)18-19(5)11(12)3/h9H,7-8H2,1-6H3,(H2,15,16,17). The molecule has 0 fully saturated rings. The highest BCUT2D eigenvalue weighted by atomic mass is 16.5. The Bertz CT molecular complexity index is 522. The second-order valence-corrected chi connectivity index (χ2v) is 5.00. The van der Waals surface area contributed by atoms with Crippen molar-refractivity contribution in [3.8, 4) is 0 Å². The number of aliphatic imine (C=N–C) groups is 1. The third-order valence-corrected chi connectivity index (χ3v) is 3.49. The van der Waals surface area contributed by atoms with Gasteiger partial charge in [0.15, 0.2) is 5.96 Å². The van der Waals surface area contributed by atoms with Gasteiger partial charge < -0.3 is 15.4 Å². The van der Waals surface area contributed by atoms with Gasteiger partial charge in [0, 0.05) is 38.4 Å². The van der Waals surface area contributed by atoms with E-state index in [0.717, 1.165) is 17.0 Å². The lowest BCUT2D eigenvalue weighted by molar-refractivity contribution is -0.144. The Kier molecular flexibility index (Phi) is 6.20. The van der Waals surface area contributed by atoms with Crippen LogP contribution in [0.15, 0.2) is 4.99 Å². The van der Waals surface area contributed by atoms with Crippen LogP contribution < -0.4 is 10.6 Å². The molecule has 118 valence electrons. The van der Waals surface area contributed by atoms with E-state index in [1.807, 2.05) is 32.5 Å². The summed E-state index contributed by atoms with van der Waals surface area (Å²) in [4.78, 5) is 15.5. The molecule has 1 atom stereocenters. The molecule has 0 aliphatic rings. The summed E-state index contributed by atoms with van der Waals surface area (Å²) in [6, 6.07) is 0. The highest BCUT2D eigenvalue weighted by Crippen LogP contribution is 2.10. The van der Waals surface area contributed by atoms with E-state index in [9.17, 15) is 4.79 Å². The molecule has 1 unspecified atom stereocenters. The van der Waals surface area contributed by atoms with Crippen LogP contribution in [-0.4, -0.2) is 42.4 Å². The van der Waals surface area contributed by atoms with Crippen LogP contribution in [0.25, 0.3) is 0 Å². The number of nitrogens with one attached hydrogen (secondary N) is 2. The number of ether oxygens (including phenoxy) is 1. The maximum atomic E-state index is 11.4. The summed E-state index contributed by atoms with van der Waals surface area (Å²) in [7, 11) is 5.01. The molecule has 7 nitrogen and oxygen atoms in total. The molecule has 1 aromatic rings. The highest BCUT2D eigenvalue weighted by molar-refractivity contribution is 5.80. The first-order valence-corrected chi connectivity index (χ1v) is 6.92. The number of rotatable bonds is 5. The smallest absolute Gasteiger partial charge is 0.310 e. The summed E-state index contributed by atoms with van der Waals surface area (Å²) >= 11 is 0. The van der Waals surface area contributed by atoms with Gasteiger partial charge >= 0.3 is 5.97 Å². The predicted molar refractivity (Wildman–Crippen MR) is 82.1 cm³/mol. The summed E-state index contributed by atoms with van der Waals surface area (Å²) in [5, 5.41) is 10.7. The highest BCUT2D eigenvalue weighted by Gasteiger charge is 2.14. The van der Waals surface area contributed by atoms with Gasteiger partial charge in [-0.1, -0.05) is 6.92 Å². The van der Waals surface area contributed by atoms with Crippen LogP contribution in [0, 0.1) is 19.8 Å². The van der Waals surface area contributed by atoms with Crippen molar-refractivity contribution < 1.29 is 9.53 Å². The maximum absolute atomic E-state index is 11.4. The van der Waals surface area contributed by atoms with Gasteiger partial charge in [-0.3, -0.25) is 14.5 Å².